The van der Waals surface area contributed by atoms with Crippen LogP contribution in [0.2, 0.25) is 0 Å². The summed E-state index contributed by atoms with van der Waals surface area (Å²) in [6.45, 7) is 6.32. The Balaban J connectivity index is 1.79. The van der Waals surface area contributed by atoms with Gasteiger partial charge >= 0.3 is 0 Å². The SMILES string of the molecule is CC1CC(C)CC(NCCn2ccccc2=O)C1. The predicted octanol–water partition coefficient (Wildman–Crippen LogP) is 2.26. The molecule has 100 valence electrons. The fraction of sp³-hybridized carbons (Fsp3) is 0.667. The Kier molecular flexibility index (Phi) is 4.59. The molecule has 18 heavy (non-hydrogen) atoms. The normalized spacial score (nSPS) is 28.2. The van der Waals surface area contributed by atoms with Crippen molar-refractivity contribution >= 4 is 0 Å². The first-order chi connectivity index (χ1) is 8.65. The van der Waals surface area contributed by atoms with Gasteiger partial charge in [0, 0.05) is 31.4 Å². The fourth-order valence-electron chi connectivity index (χ4n) is 3.15. The van der Waals surface area contributed by atoms with Crippen molar-refractivity contribution in [3.63, 3.8) is 0 Å². The van der Waals surface area contributed by atoms with Gasteiger partial charge in [0.25, 0.3) is 5.56 Å². The van der Waals surface area contributed by atoms with Gasteiger partial charge in [-0.05, 0) is 37.2 Å². The fourth-order valence-corrected chi connectivity index (χ4v) is 3.15. The number of hydrogen-bond acceptors (Lipinski definition) is 2. The van der Waals surface area contributed by atoms with E-state index in [9.17, 15) is 4.79 Å². The lowest BCUT2D eigenvalue weighted by atomic mass is 9.80. The monoisotopic (exact) mass is 248 g/mol. The molecule has 1 fully saturated rings. The van der Waals surface area contributed by atoms with Crippen LogP contribution < -0.4 is 10.9 Å². The maximum Gasteiger partial charge on any atom is 0.250 e. The minimum Gasteiger partial charge on any atom is -0.314 e. The van der Waals surface area contributed by atoms with Gasteiger partial charge in [0.15, 0.2) is 0 Å². The molecule has 0 aliphatic heterocycles. The molecule has 0 amide bonds. The number of pyridine rings is 1. The van der Waals surface area contributed by atoms with Gasteiger partial charge in [0.1, 0.15) is 0 Å². The van der Waals surface area contributed by atoms with Crippen LogP contribution >= 0.6 is 0 Å². The standard InChI is InChI=1S/C15H24N2O/c1-12-9-13(2)11-14(10-12)16-6-8-17-7-4-3-5-15(17)18/h3-5,7,12-14,16H,6,8-11H2,1-2H3. The first-order valence-electron chi connectivity index (χ1n) is 7.04. The summed E-state index contributed by atoms with van der Waals surface area (Å²) in [5, 5.41) is 3.60. The van der Waals surface area contributed by atoms with Gasteiger partial charge in [0.2, 0.25) is 0 Å². The summed E-state index contributed by atoms with van der Waals surface area (Å²) >= 11 is 0. The van der Waals surface area contributed by atoms with Crippen LogP contribution in [0.1, 0.15) is 33.1 Å². The third-order valence-electron chi connectivity index (χ3n) is 3.86. The minimum absolute atomic E-state index is 0.0877. The van der Waals surface area contributed by atoms with Crippen LogP contribution in [0.15, 0.2) is 29.2 Å². The van der Waals surface area contributed by atoms with Crippen molar-refractivity contribution in [2.24, 2.45) is 11.8 Å². The molecule has 1 aromatic rings. The van der Waals surface area contributed by atoms with Crippen molar-refractivity contribution in [1.29, 1.82) is 0 Å². The molecule has 0 saturated heterocycles. The number of nitrogens with one attached hydrogen (secondary N) is 1. The Morgan fingerprint density at radius 3 is 2.61 bits per heavy atom. The molecule has 2 atom stereocenters. The van der Waals surface area contributed by atoms with E-state index in [4.69, 9.17) is 0 Å². The van der Waals surface area contributed by atoms with E-state index < -0.39 is 0 Å². The van der Waals surface area contributed by atoms with E-state index in [0.29, 0.717) is 6.04 Å². The zero-order valence-corrected chi connectivity index (χ0v) is 11.4. The summed E-state index contributed by atoms with van der Waals surface area (Å²) in [4.78, 5) is 11.5. The largest absolute Gasteiger partial charge is 0.314 e. The molecule has 2 rings (SSSR count). The molecule has 1 saturated carbocycles. The molecule has 1 heterocycles. The third-order valence-corrected chi connectivity index (χ3v) is 3.86. The molecule has 1 aliphatic carbocycles. The average molecular weight is 248 g/mol. The highest BCUT2D eigenvalue weighted by molar-refractivity contribution is 4.93. The van der Waals surface area contributed by atoms with Gasteiger partial charge in [-0.3, -0.25) is 4.79 Å². The zero-order chi connectivity index (χ0) is 13.0. The molecule has 3 nitrogen and oxygen atoms in total. The van der Waals surface area contributed by atoms with Crippen molar-refractivity contribution in [3.05, 3.63) is 34.7 Å². The Hall–Kier alpha value is -1.09. The Bertz CT molecular complexity index is 417. The molecule has 1 aromatic heterocycles. The summed E-state index contributed by atoms with van der Waals surface area (Å²) in [6.07, 6.45) is 5.76. The molecule has 3 heteroatoms. The first-order valence-corrected chi connectivity index (χ1v) is 7.04. The van der Waals surface area contributed by atoms with Gasteiger partial charge in [-0.1, -0.05) is 19.9 Å². The molecular formula is C15H24N2O. The smallest absolute Gasteiger partial charge is 0.250 e. The maximum absolute atomic E-state index is 11.5. The molecule has 0 bridgehead atoms. The summed E-state index contributed by atoms with van der Waals surface area (Å²) < 4.78 is 1.77. The zero-order valence-electron chi connectivity index (χ0n) is 11.4. The highest BCUT2D eigenvalue weighted by Gasteiger charge is 2.23. The third kappa shape index (κ3) is 3.70. The topological polar surface area (TPSA) is 34.0 Å². The Morgan fingerprint density at radius 2 is 1.94 bits per heavy atom. The molecule has 0 aromatic carbocycles. The number of hydrogen-bond donors (Lipinski definition) is 1. The van der Waals surface area contributed by atoms with Gasteiger partial charge < -0.3 is 9.88 Å². The van der Waals surface area contributed by atoms with E-state index in [1.54, 1.807) is 16.7 Å². The van der Waals surface area contributed by atoms with Crippen molar-refractivity contribution < 1.29 is 0 Å². The summed E-state index contributed by atoms with van der Waals surface area (Å²) in [7, 11) is 0. The van der Waals surface area contributed by atoms with E-state index >= 15 is 0 Å². The van der Waals surface area contributed by atoms with Crippen molar-refractivity contribution in [2.75, 3.05) is 6.54 Å². The summed E-state index contributed by atoms with van der Waals surface area (Å²) in [5.74, 6) is 1.65. The van der Waals surface area contributed by atoms with Crippen LogP contribution in [0.3, 0.4) is 0 Å². The predicted molar refractivity (Wildman–Crippen MR) is 74.7 cm³/mol. The maximum atomic E-state index is 11.5. The number of rotatable bonds is 4. The van der Waals surface area contributed by atoms with E-state index in [-0.39, 0.29) is 5.56 Å². The lowest BCUT2D eigenvalue weighted by Crippen LogP contribution is -2.38. The van der Waals surface area contributed by atoms with Crippen LogP contribution in [-0.4, -0.2) is 17.2 Å². The van der Waals surface area contributed by atoms with Crippen LogP contribution in [0.5, 0.6) is 0 Å². The lowest BCUT2D eigenvalue weighted by Gasteiger charge is -2.32. The Labute approximate surface area is 109 Å². The van der Waals surface area contributed by atoms with Crippen LogP contribution in [0.25, 0.3) is 0 Å². The lowest BCUT2D eigenvalue weighted by molar-refractivity contribution is 0.238. The van der Waals surface area contributed by atoms with Gasteiger partial charge in [-0.25, -0.2) is 0 Å². The van der Waals surface area contributed by atoms with Crippen molar-refractivity contribution in [1.82, 2.24) is 9.88 Å². The van der Waals surface area contributed by atoms with Crippen molar-refractivity contribution in [3.8, 4) is 0 Å². The summed E-state index contributed by atoms with van der Waals surface area (Å²) in [6, 6.07) is 5.94. The quantitative estimate of drug-likeness (QED) is 0.887. The summed E-state index contributed by atoms with van der Waals surface area (Å²) in [5.41, 5.74) is 0.0877. The molecule has 1 aliphatic rings. The molecule has 0 radical (unpaired) electrons. The highest BCUT2D eigenvalue weighted by Crippen LogP contribution is 2.28. The highest BCUT2D eigenvalue weighted by atomic mass is 16.1. The second-order valence-corrected chi connectivity index (χ2v) is 5.80. The van der Waals surface area contributed by atoms with E-state index in [1.807, 2.05) is 12.3 Å². The molecule has 1 N–H and O–H groups in total. The van der Waals surface area contributed by atoms with E-state index in [1.165, 1.54) is 19.3 Å². The first kappa shape index (κ1) is 13.3. The van der Waals surface area contributed by atoms with E-state index in [2.05, 4.69) is 19.2 Å². The second-order valence-electron chi connectivity index (χ2n) is 5.80. The van der Waals surface area contributed by atoms with Crippen LogP contribution in [-0.2, 0) is 6.54 Å². The molecule has 2 unspecified atom stereocenters. The molecular weight excluding hydrogens is 224 g/mol. The number of aromatic nitrogens is 1. The number of nitrogens with zero attached hydrogens (tertiary/aromatic N) is 1. The van der Waals surface area contributed by atoms with Gasteiger partial charge in [0.05, 0.1) is 0 Å². The second kappa shape index (κ2) is 6.19. The molecule has 0 spiro atoms. The van der Waals surface area contributed by atoms with Gasteiger partial charge in [-0.15, -0.1) is 0 Å². The van der Waals surface area contributed by atoms with Crippen LogP contribution in [0.4, 0.5) is 0 Å². The van der Waals surface area contributed by atoms with E-state index in [0.717, 1.165) is 24.9 Å². The van der Waals surface area contributed by atoms with Gasteiger partial charge in [-0.2, -0.15) is 0 Å². The average Bonchev–Trinajstić information content (AvgIpc) is 2.30. The minimum atomic E-state index is 0.0877. The van der Waals surface area contributed by atoms with Crippen LogP contribution in [0, 0.1) is 11.8 Å². The van der Waals surface area contributed by atoms with Crippen molar-refractivity contribution in [2.45, 2.75) is 45.7 Å². The Morgan fingerprint density at radius 1 is 1.22 bits per heavy atom.